The number of hydrogen-bond donors (Lipinski definition) is 0. The molecule has 4 rings (SSSR count). The summed E-state index contributed by atoms with van der Waals surface area (Å²) < 4.78 is 5.84. The van der Waals surface area contributed by atoms with Gasteiger partial charge < -0.3 is 4.74 Å². The first-order chi connectivity index (χ1) is 16.1. The number of nitrogens with zero attached hydrogens (tertiary/aromatic N) is 3. The van der Waals surface area contributed by atoms with Crippen LogP contribution in [-0.2, 0) is 25.8 Å². The normalized spacial score (nSPS) is 15.2. The fourth-order valence-electron chi connectivity index (χ4n) is 5.22. The van der Waals surface area contributed by atoms with Crippen LogP contribution < -0.4 is 4.74 Å². The maximum atomic E-state index is 10.1. The Balaban J connectivity index is 1.74. The highest BCUT2D eigenvalue weighted by molar-refractivity contribution is 5.70. The zero-order valence-corrected chi connectivity index (χ0v) is 20.2. The zero-order chi connectivity index (χ0) is 23.4. The Morgan fingerprint density at radius 2 is 1.82 bits per heavy atom. The van der Waals surface area contributed by atoms with Crippen LogP contribution in [0, 0.1) is 11.3 Å². The van der Waals surface area contributed by atoms with E-state index >= 15 is 0 Å². The molecule has 0 fully saturated rings. The van der Waals surface area contributed by atoms with E-state index in [1.165, 1.54) is 28.7 Å². The summed E-state index contributed by atoms with van der Waals surface area (Å²) in [6.07, 6.45) is 5.27. The number of rotatable bonds is 7. The van der Waals surface area contributed by atoms with Crippen LogP contribution in [0.2, 0.25) is 0 Å². The predicted octanol–water partition coefficient (Wildman–Crippen LogP) is 6.26. The quantitative estimate of drug-likeness (QED) is 0.436. The van der Waals surface area contributed by atoms with Gasteiger partial charge >= 0.3 is 0 Å². The van der Waals surface area contributed by atoms with Crippen LogP contribution in [0.3, 0.4) is 0 Å². The Kier molecular flexibility index (Phi) is 7.11. The highest BCUT2D eigenvalue weighted by Crippen LogP contribution is 2.37. The monoisotopic (exact) mass is 439 g/mol. The fourth-order valence-corrected chi connectivity index (χ4v) is 5.22. The van der Waals surface area contributed by atoms with E-state index in [0.717, 1.165) is 48.3 Å². The number of fused-ring (bicyclic) bond motifs is 1. The van der Waals surface area contributed by atoms with E-state index in [1.807, 2.05) is 6.07 Å². The van der Waals surface area contributed by atoms with Crippen LogP contribution in [-0.4, -0.2) is 24.0 Å². The molecule has 1 aromatic heterocycles. The number of methoxy groups -OCH3 is 1. The molecule has 0 radical (unpaired) electrons. The van der Waals surface area contributed by atoms with E-state index < -0.39 is 0 Å². The number of aryl methyl sites for hydroxylation is 3. The van der Waals surface area contributed by atoms with E-state index in [-0.39, 0.29) is 0 Å². The molecule has 0 aliphatic heterocycles. The van der Waals surface area contributed by atoms with Crippen LogP contribution in [0.15, 0.2) is 48.5 Å². The topological polar surface area (TPSA) is 49.1 Å². The fraction of sp³-hybridized carbons (Fsp3) is 0.379. The molecule has 0 saturated heterocycles. The Bertz CT molecular complexity index is 1160. The molecule has 1 atom stereocenters. The first kappa shape index (κ1) is 23.0. The molecule has 1 heterocycles. The molecule has 4 heteroatoms. The van der Waals surface area contributed by atoms with Crippen molar-refractivity contribution < 1.29 is 4.74 Å². The highest BCUT2D eigenvalue weighted by atomic mass is 16.5. The van der Waals surface area contributed by atoms with Gasteiger partial charge in [-0.15, -0.1) is 0 Å². The van der Waals surface area contributed by atoms with Crippen molar-refractivity contribution in [1.29, 1.82) is 5.26 Å². The smallest absolute Gasteiger partial charge is 0.149 e. The molecule has 0 spiro atoms. The number of nitriles is 1. The number of ether oxygens (including phenoxy) is 1. The third kappa shape index (κ3) is 4.51. The molecule has 1 aliphatic rings. The zero-order valence-electron chi connectivity index (χ0n) is 20.2. The summed E-state index contributed by atoms with van der Waals surface area (Å²) in [7, 11) is 3.83. The molecule has 4 nitrogen and oxygen atoms in total. The van der Waals surface area contributed by atoms with Gasteiger partial charge in [-0.2, -0.15) is 5.26 Å². The summed E-state index contributed by atoms with van der Waals surface area (Å²) in [5.41, 5.74) is 8.61. The van der Waals surface area contributed by atoms with Crippen molar-refractivity contribution in [2.75, 3.05) is 14.2 Å². The van der Waals surface area contributed by atoms with Crippen molar-refractivity contribution in [2.45, 2.75) is 58.5 Å². The van der Waals surface area contributed by atoms with Crippen molar-refractivity contribution in [3.8, 4) is 23.1 Å². The maximum Gasteiger partial charge on any atom is 0.149 e. The lowest BCUT2D eigenvalue weighted by Crippen LogP contribution is -2.28. The van der Waals surface area contributed by atoms with E-state index in [1.54, 1.807) is 7.11 Å². The van der Waals surface area contributed by atoms with Gasteiger partial charge in [0.05, 0.1) is 12.8 Å². The standard InChI is InChI=1S/C29H33N3O/c1-5-20-12-9-13-21(6-2)29(20)25-17-28(33-4)24(26(18-30)31-25)19-32(3)27-16-10-14-22-11-7-8-15-23(22)27/h7-9,11-13,15,17,27H,5-6,10,14,16,19H2,1-4H3/t27-/m1/s1. The summed E-state index contributed by atoms with van der Waals surface area (Å²) in [6.45, 7) is 4.94. The predicted molar refractivity (Wildman–Crippen MR) is 133 cm³/mol. The van der Waals surface area contributed by atoms with Gasteiger partial charge in [0, 0.05) is 29.8 Å². The second-order valence-corrected chi connectivity index (χ2v) is 8.83. The largest absolute Gasteiger partial charge is 0.496 e. The first-order valence-corrected chi connectivity index (χ1v) is 12.0. The molecule has 0 N–H and O–H groups in total. The number of pyridine rings is 1. The number of aromatic nitrogens is 1. The van der Waals surface area contributed by atoms with Crippen molar-refractivity contribution in [3.63, 3.8) is 0 Å². The van der Waals surface area contributed by atoms with Crippen LogP contribution in [0.25, 0.3) is 11.3 Å². The van der Waals surface area contributed by atoms with E-state index in [2.05, 4.69) is 74.3 Å². The molecule has 1 aliphatic carbocycles. The molecule has 0 unspecified atom stereocenters. The van der Waals surface area contributed by atoms with Crippen LogP contribution >= 0.6 is 0 Å². The summed E-state index contributed by atoms with van der Waals surface area (Å²) in [4.78, 5) is 7.20. The second-order valence-electron chi connectivity index (χ2n) is 8.83. The third-order valence-electron chi connectivity index (χ3n) is 6.94. The third-order valence-corrected chi connectivity index (χ3v) is 6.94. The molecule has 3 aromatic rings. The lowest BCUT2D eigenvalue weighted by atomic mass is 9.87. The minimum atomic E-state index is 0.332. The van der Waals surface area contributed by atoms with E-state index in [0.29, 0.717) is 18.3 Å². The molecule has 33 heavy (non-hydrogen) atoms. The lowest BCUT2D eigenvalue weighted by Gasteiger charge is -2.33. The van der Waals surface area contributed by atoms with Crippen molar-refractivity contribution in [2.24, 2.45) is 0 Å². The van der Waals surface area contributed by atoms with Gasteiger partial charge in [0.25, 0.3) is 0 Å². The van der Waals surface area contributed by atoms with Gasteiger partial charge in [-0.1, -0.05) is 56.3 Å². The Hall–Kier alpha value is -3.16. The first-order valence-electron chi connectivity index (χ1n) is 12.0. The van der Waals surface area contributed by atoms with Gasteiger partial charge in [-0.3, -0.25) is 4.90 Å². The van der Waals surface area contributed by atoms with Gasteiger partial charge in [0.15, 0.2) is 0 Å². The molecule has 0 amide bonds. The Morgan fingerprint density at radius 3 is 2.48 bits per heavy atom. The van der Waals surface area contributed by atoms with Crippen molar-refractivity contribution >= 4 is 0 Å². The van der Waals surface area contributed by atoms with Crippen LogP contribution in [0.1, 0.15) is 66.2 Å². The van der Waals surface area contributed by atoms with Crippen molar-refractivity contribution in [1.82, 2.24) is 9.88 Å². The van der Waals surface area contributed by atoms with Crippen LogP contribution in [0.5, 0.6) is 5.75 Å². The molecular formula is C29H33N3O. The Morgan fingerprint density at radius 1 is 1.09 bits per heavy atom. The number of benzene rings is 2. The highest BCUT2D eigenvalue weighted by Gasteiger charge is 2.26. The lowest BCUT2D eigenvalue weighted by molar-refractivity contribution is 0.210. The summed E-state index contributed by atoms with van der Waals surface area (Å²) >= 11 is 0. The van der Waals surface area contributed by atoms with Gasteiger partial charge in [-0.05, 0) is 61.4 Å². The summed E-state index contributed by atoms with van der Waals surface area (Å²) in [5, 5.41) is 10.1. The van der Waals surface area contributed by atoms with Gasteiger partial charge in [0.1, 0.15) is 17.5 Å². The second kappa shape index (κ2) is 10.2. The summed E-state index contributed by atoms with van der Waals surface area (Å²) in [5.74, 6) is 0.737. The SMILES string of the molecule is CCc1cccc(CC)c1-c1cc(OC)c(CN(C)[C@@H]2CCCc3ccccc32)c(C#N)n1. The minimum absolute atomic E-state index is 0.332. The van der Waals surface area contributed by atoms with E-state index in [9.17, 15) is 5.26 Å². The maximum absolute atomic E-state index is 10.1. The minimum Gasteiger partial charge on any atom is -0.496 e. The van der Waals surface area contributed by atoms with E-state index in [4.69, 9.17) is 9.72 Å². The number of hydrogen-bond acceptors (Lipinski definition) is 4. The average molecular weight is 440 g/mol. The van der Waals surface area contributed by atoms with Crippen molar-refractivity contribution in [3.05, 3.63) is 82.0 Å². The van der Waals surface area contributed by atoms with Gasteiger partial charge in [-0.25, -0.2) is 4.98 Å². The van der Waals surface area contributed by atoms with Crippen LogP contribution in [0.4, 0.5) is 0 Å². The average Bonchev–Trinajstić information content (AvgIpc) is 2.87. The summed E-state index contributed by atoms with van der Waals surface area (Å²) in [6, 6.07) is 19.9. The molecule has 2 aromatic carbocycles. The molecular weight excluding hydrogens is 406 g/mol. The Labute approximate surface area is 197 Å². The van der Waals surface area contributed by atoms with Gasteiger partial charge in [0.2, 0.25) is 0 Å². The molecule has 0 saturated carbocycles. The molecule has 0 bridgehead atoms. The molecule has 170 valence electrons.